The number of benzene rings is 4. The molecule has 9 heteroatoms. The first kappa shape index (κ1) is 37.3. The monoisotopic (exact) mass is 675 g/mol. The summed E-state index contributed by atoms with van der Waals surface area (Å²) in [6.07, 6.45) is 4.32. The van der Waals surface area contributed by atoms with Crippen LogP contribution in [0.1, 0.15) is 30.4 Å². The number of carbonyl (C=O) groups excluding carboxylic acids is 4. The molecule has 0 unspecified atom stereocenters. The lowest BCUT2D eigenvalue weighted by Crippen LogP contribution is -2.50. The van der Waals surface area contributed by atoms with Gasteiger partial charge in [-0.15, -0.1) is 13.2 Å². The maximum atomic E-state index is 13.7. The van der Waals surface area contributed by atoms with Gasteiger partial charge in [-0.3, -0.25) is 19.2 Å². The third kappa shape index (κ3) is 11.6. The number of rotatable bonds is 19. The molecule has 50 heavy (non-hydrogen) atoms. The maximum absolute atomic E-state index is 13.7. The Labute approximate surface area is 293 Å². The summed E-state index contributed by atoms with van der Waals surface area (Å²) < 4.78 is 5.68. The zero-order valence-electron chi connectivity index (χ0n) is 28.1. The van der Waals surface area contributed by atoms with Crippen LogP contribution in [0, 0.1) is 11.8 Å². The third-order valence-corrected chi connectivity index (χ3v) is 8.32. The molecule has 9 nitrogen and oxygen atoms in total. The Hall–Kier alpha value is -5.54. The summed E-state index contributed by atoms with van der Waals surface area (Å²) in [5.74, 6) is -3.54. The lowest BCUT2D eigenvalue weighted by molar-refractivity contribution is -0.150. The van der Waals surface area contributed by atoms with E-state index in [2.05, 4.69) is 29.1 Å². The van der Waals surface area contributed by atoms with Crippen molar-refractivity contribution in [1.29, 1.82) is 0 Å². The van der Waals surface area contributed by atoms with Gasteiger partial charge < -0.3 is 25.8 Å². The average molecular weight is 676 g/mol. The zero-order chi connectivity index (χ0) is 35.7. The second-order valence-corrected chi connectivity index (χ2v) is 12.2. The number of nitrogens with one attached hydrogen (secondary N) is 3. The number of anilines is 1. The number of aliphatic hydroxyl groups is 1. The first-order valence-electron chi connectivity index (χ1n) is 16.8. The molecule has 0 aromatic heterocycles. The van der Waals surface area contributed by atoms with Gasteiger partial charge in [0.15, 0.2) is 0 Å². The van der Waals surface area contributed by atoms with Crippen molar-refractivity contribution in [2.75, 3.05) is 18.5 Å². The molecule has 0 spiro atoms. The third-order valence-electron chi connectivity index (χ3n) is 8.32. The van der Waals surface area contributed by atoms with Crippen molar-refractivity contribution in [2.24, 2.45) is 11.8 Å². The van der Waals surface area contributed by atoms with Crippen LogP contribution in [0.2, 0.25) is 0 Å². The predicted molar refractivity (Wildman–Crippen MR) is 196 cm³/mol. The van der Waals surface area contributed by atoms with E-state index in [9.17, 15) is 24.3 Å². The molecule has 0 fully saturated rings. The molecule has 0 saturated carbocycles. The van der Waals surface area contributed by atoms with Crippen LogP contribution in [-0.4, -0.2) is 54.1 Å². The predicted octanol–water partition coefficient (Wildman–Crippen LogP) is 5.54. The maximum Gasteiger partial charge on any atom is 0.309 e. The van der Waals surface area contributed by atoms with Gasteiger partial charge in [-0.2, -0.15) is 0 Å². The highest BCUT2D eigenvalue weighted by Gasteiger charge is 2.30. The van der Waals surface area contributed by atoms with Gasteiger partial charge in [0.25, 0.3) is 5.91 Å². The smallest absolute Gasteiger partial charge is 0.309 e. The standard InChI is InChI=1S/C41H45N3O6/c1-3-13-33(26-38(46)42-36(27-45)24-30-17-9-6-10-18-30)39(47)44-37(40(48)43-35-22-21-31-19-11-12-20-32(31)25-35)28-50-41(49)34(14-4-2)23-29-15-7-5-8-16-29/h3-12,15-22,25,33-34,36-37,45H,1-2,13-14,23-24,26-28H2,(H,42,46)(H,43,48)(H,44,47)/t33-,34+,36+,37-/m0/s1. The molecule has 0 saturated heterocycles. The quantitative estimate of drug-likeness (QED) is 0.0762. The largest absolute Gasteiger partial charge is 0.463 e. The minimum atomic E-state index is -1.27. The molecule has 4 aromatic carbocycles. The lowest BCUT2D eigenvalue weighted by atomic mass is 9.96. The van der Waals surface area contributed by atoms with Gasteiger partial charge in [0.05, 0.1) is 24.5 Å². The molecule has 0 bridgehead atoms. The fourth-order valence-corrected chi connectivity index (χ4v) is 5.67. The normalized spacial score (nSPS) is 13.2. The highest BCUT2D eigenvalue weighted by atomic mass is 16.5. The number of hydrogen-bond donors (Lipinski definition) is 4. The van der Waals surface area contributed by atoms with Crippen molar-refractivity contribution in [3.05, 3.63) is 140 Å². The van der Waals surface area contributed by atoms with Gasteiger partial charge in [-0.05, 0) is 59.7 Å². The number of carbonyl (C=O) groups is 4. The number of esters is 1. The van der Waals surface area contributed by atoms with Crippen LogP contribution >= 0.6 is 0 Å². The van der Waals surface area contributed by atoms with Crippen LogP contribution in [-0.2, 0) is 36.8 Å². The summed E-state index contributed by atoms with van der Waals surface area (Å²) in [4.78, 5) is 53.7. The fraction of sp³-hybridized carbons (Fsp3) is 0.268. The van der Waals surface area contributed by atoms with E-state index in [1.165, 1.54) is 6.08 Å². The molecular formula is C41H45N3O6. The summed E-state index contributed by atoms with van der Waals surface area (Å²) >= 11 is 0. The minimum Gasteiger partial charge on any atom is -0.463 e. The number of hydrogen-bond acceptors (Lipinski definition) is 6. The molecule has 0 aliphatic carbocycles. The van der Waals surface area contributed by atoms with Crippen molar-refractivity contribution in [2.45, 2.75) is 44.2 Å². The van der Waals surface area contributed by atoms with Crippen molar-refractivity contribution in [3.8, 4) is 0 Å². The average Bonchev–Trinajstić information content (AvgIpc) is 3.13. The zero-order valence-corrected chi connectivity index (χ0v) is 28.1. The van der Waals surface area contributed by atoms with E-state index < -0.39 is 54.2 Å². The molecule has 260 valence electrons. The Bertz CT molecular complexity index is 1740. The number of fused-ring (bicyclic) bond motifs is 1. The molecule has 0 aliphatic heterocycles. The fourth-order valence-electron chi connectivity index (χ4n) is 5.67. The van der Waals surface area contributed by atoms with Gasteiger partial charge >= 0.3 is 5.97 Å². The second-order valence-electron chi connectivity index (χ2n) is 12.2. The van der Waals surface area contributed by atoms with E-state index in [-0.39, 0.29) is 19.4 Å². The van der Waals surface area contributed by atoms with Gasteiger partial charge in [0.2, 0.25) is 11.8 Å². The van der Waals surface area contributed by atoms with Crippen molar-refractivity contribution in [1.82, 2.24) is 10.6 Å². The molecule has 4 aromatic rings. The Morgan fingerprint density at radius 1 is 0.700 bits per heavy atom. The Balaban J connectivity index is 1.47. The van der Waals surface area contributed by atoms with E-state index in [0.717, 1.165) is 21.9 Å². The van der Waals surface area contributed by atoms with Crippen LogP contribution in [0.25, 0.3) is 10.8 Å². The number of allylic oxidation sites excluding steroid dienone is 2. The summed E-state index contributed by atoms with van der Waals surface area (Å²) in [7, 11) is 0. The molecule has 0 radical (unpaired) electrons. The highest BCUT2D eigenvalue weighted by molar-refractivity contribution is 5.99. The van der Waals surface area contributed by atoms with Gasteiger partial charge in [-0.25, -0.2) is 0 Å². The van der Waals surface area contributed by atoms with Crippen LogP contribution in [0.15, 0.2) is 128 Å². The molecule has 0 aliphatic rings. The lowest BCUT2D eigenvalue weighted by Gasteiger charge is -2.23. The summed E-state index contributed by atoms with van der Waals surface area (Å²) in [5.41, 5.74) is 2.40. The summed E-state index contributed by atoms with van der Waals surface area (Å²) in [6.45, 7) is 6.81. The van der Waals surface area contributed by atoms with E-state index >= 15 is 0 Å². The van der Waals surface area contributed by atoms with E-state index in [0.29, 0.717) is 24.9 Å². The van der Waals surface area contributed by atoms with Crippen molar-refractivity contribution >= 4 is 40.2 Å². The molecule has 4 N–H and O–H groups in total. The first-order chi connectivity index (χ1) is 24.3. The molecule has 3 amide bonds. The molecular weight excluding hydrogens is 630 g/mol. The molecule has 0 heterocycles. The van der Waals surface area contributed by atoms with Crippen LogP contribution < -0.4 is 16.0 Å². The SMILES string of the molecule is C=CC[C@@H](CC(=O)N[C@@H](CO)Cc1ccccc1)C(=O)N[C@@H](COC(=O)[C@H](CC=C)Cc1ccccc1)C(=O)Nc1ccc2ccccc2c1. The topological polar surface area (TPSA) is 134 Å². The van der Waals surface area contributed by atoms with Crippen molar-refractivity contribution in [3.63, 3.8) is 0 Å². The molecule has 4 atom stereocenters. The second kappa shape index (κ2) is 19.5. The Morgan fingerprint density at radius 2 is 1.30 bits per heavy atom. The number of ether oxygens (including phenoxy) is 1. The van der Waals surface area contributed by atoms with Crippen LogP contribution in [0.3, 0.4) is 0 Å². The minimum absolute atomic E-state index is 0.152. The van der Waals surface area contributed by atoms with E-state index in [4.69, 9.17) is 4.74 Å². The van der Waals surface area contributed by atoms with Crippen LogP contribution in [0.4, 0.5) is 5.69 Å². The highest BCUT2D eigenvalue weighted by Crippen LogP contribution is 2.20. The van der Waals surface area contributed by atoms with Crippen molar-refractivity contribution < 1.29 is 29.0 Å². The number of amides is 3. The van der Waals surface area contributed by atoms with Gasteiger partial charge in [-0.1, -0.05) is 103 Å². The Morgan fingerprint density at radius 3 is 1.94 bits per heavy atom. The van der Waals surface area contributed by atoms with Gasteiger partial charge in [0.1, 0.15) is 12.6 Å². The van der Waals surface area contributed by atoms with E-state index in [1.54, 1.807) is 12.1 Å². The summed E-state index contributed by atoms with van der Waals surface area (Å²) in [5, 5.41) is 20.2. The number of aliphatic hydroxyl groups excluding tert-OH is 1. The van der Waals surface area contributed by atoms with Crippen LogP contribution in [0.5, 0.6) is 0 Å². The first-order valence-corrected chi connectivity index (χ1v) is 16.8. The van der Waals surface area contributed by atoms with Gasteiger partial charge in [0, 0.05) is 12.1 Å². The molecule has 4 rings (SSSR count). The summed E-state index contributed by atoms with van der Waals surface area (Å²) in [6, 6.07) is 30.3. The Kier molecular flexibility index (Phi) is 14.5. The van der Waals surface area contributed by atoms with E-state index in [1.807, 2.05) is 97.1 Å².